The maximum atomic E-state index is 13.0. The molecule has 0 saturated heterocycles. The van der Waals surface area contributed by atoms with Crippen LogP contribution in [-0.2, 0) is 6.42 Å². The minimum Gasteiger partial charge on any atom is -0.469 e. The number of furan rings is 1. The van der Waals surface area contributed by atoms with E-state index in [0.717, 1.165) is 12.1 Å². The van der Waals surface area contributed by atoms with Crippen LogP contribution in [0.25, 0.3) is 0 Å². The highest BCUT2D eigenvalue weighted by atomic mass is 19.2. The van der Waals surface area contributed by atoms with Gasteiger partial charge < -0.3 is 9.52 Å². The van der Waals surface area contributed by atoms with Crippen molar-refractivity contribution < 1.29 is 18.3 Å². The Hall–Kier alpha value is -1.68. The highest BCUT2D eigenvalue weighted by Gasteiger charge is 2.14. The molecule has 0 aliphatic carbocycles. The van der Waals surface area contributed by atoms with Gasteiger partial charge in [-0.3, -0.25) is 0 Å². The van der Waals surface area contributed by atoms with Gasteiger partial charge in [-0.05, 0) is 30.7 Å². The van der Waals surface area contributed by atoms with Gasteiger partial charge in [0.15, 0.2) is 11.6 Å². The van der Waals surface area contributed by atoms with Crippen molar-refractivity contribution in [3.63, 3.8) is 0 Å². The molecule has 1 heterocycles. The SMILES string of the molecule is Cc1occc1C(O)Cc1ccc(F)c(F)c1. The molecule has 0 amide bonds. The number of hydrogen-bond donors (Lipinski definition) is 1. The van der Waals surface area contributed by atoms with Crippen molar-refractivity contribution in [2.45, 2.75) is 19.4 Å². The molecule has 1 aromatic carbocycles. The number of halogens is 2. The zero-order chi connectivity index (χ0) is 12.4. The second kappa shape index (κ2) is 4.67. The van der Waals surface area contributed by atoms with Crippen LogP contribution in [0, 0.1) is 18.6 Å². The van der Waals surface area contributed by atoms with E-state index in [0.29, 0.717) is 16.9 Å². The van der Waals surface area contributed by atoms with Crippen molar-refractivity contribution in [3.8, 4) is 0 Å². The molecule has 0 saturated carbocycles. The fraction of sp³-hybridized carbons (Fsp3) is 0.231. The summed E-state index contributed by atoms with van der Waals surface area (Å²) in [5.74, 6) is -1.17. The lowest BCUT2D eigenvalue weighted by atomic mass is 10.0. The molecule has 1 atom stereocenters. The zero-order valence-electron chi connectivity index (χ0n) is 9.28. The molecule has 0 spiro atoms. The van der Waals surface area contributed by atoms with E-state index < -0.39 is 17.7 Å². The third-order valence-corrected chi connectivity index (χ3v) is 2.67. The molecule has 90 valence electrons. The quantitative estimate of drug-likeness (QED) is 0.891. The molecule has 4 heteroatoms. The summed E-state index contributed by atoms with van der Waals surface area (Å²) in [4.78, 5) is 0. The van der Waals surface area contributed by atoms with Crippen molar-refractivity contribution >= 4 is 0 Å². The van der Waals surface area contributed by atoms with Crippen LogP contribution in [0.5, 0.6) is 0 Å². The molecule has 2 nitrogen and oxygen atoms in total. The zero-order valence-corrected chi connectivity index (χ0v) is 9.28. The van der Waals surface area contributed by atoms with Crippen molar-refractivity contribution in [3.05, 3.63) is 59.1 Å². The van der Waals surface area contributed by atoms with Gasteiger partial charge in [0.2, 0.25) is 0 Å². The topological polar surface area (TPSA) is 33.4 Å². The maximum Gasteiger partial charge on any atom is 0.159 e. The number of aliphatic hydroxyl groups is 1. The monoisotopic (exact) mass is 238 g/mol. The van der Waals surface area contributed by atoms with E-state index in [9.17, 15) is 13.9 Å². The molecular weight excluding hydrogens is 226 g/mol. The van der Waals surface area contributed by atoms with Crippen LogP contribution in [0.2, 0.25) is 0 Å². The molecule has 2 rings (SSSR count). The van der Waals surface area contributed by atoms with Gasteiger partial charge in [0.05, 0.1) is 12.4 Å². The predicted octanol–water partition coefficient (Wildman–Crippen LogP) is 3.14. The van der Waals surface area contributed by atoms with Crippen LogP contribution in [0.15, 0.2) is 34.9 Å². The average molecular weight is 238 g/mol. The molecular formula is C13H12F2O2. The molecule has 0 bridgehead atoms. The Morgan fingerprint density at radius 3 is 2.59 bits per heavy atom. The van der Waals surface area contributed by atoms with E-state index in [1.54, 1.807) is 13.0 Å². The van der Waals surface area contributed by atoms with Crippen LogP contribution >= 0.6 is 0 Å². The molecule has 1 unspecified atom stereocenters. The Balaban J connectivity index is 2.16. The minimum atomic E-state index is -0.904. The van der Waals surface area contributed by atoms with Gasteiger partial charge in [0.25, 0.3) is 0 Å². The average Bonchev–Trinajstić information content (AvgIpc) is 2.70. The first kappa shape index (κ1) is 11.8. The summed E-state index contributed by atoms with van der Waals surface area (Å²) in [7, 11) is 0. The van der Waals surface area contributed by atoms with Crippen LogP contribution < -0.4 is 0 Å². The van der Waals surface area contributed by atoms with E-state index in [2.05, 4.69) is 0 Å². The second-order valence-corrected chi connectivity index (χ2v) is 3.90. The summed E-state index contributed by atoms with van der Waals surface area (Å²) in [6.07, 6.45) is 0.926. The van der Waals surface area contributed by atoms with Gasteiger partial charge in [0.1, 0.15) is 5.76 Å². The lowest BCUT2D eigenvalue weighted by molar-refractivity contribution is 0.176. The van der Waals surface area contributed by atoms with Crippen molar-refractivity contribution in [1.82, 2.24) is 0 Å². The van der Waals surface area contributed by atoms with Gasteiger partial charge >= 0.3 is 0 Å². The number of hydrogen-bond acceptors (Lipinski definition) is 2. The van der Waals surface area contributed by atoms with E-state index in [1.807, 2.05) is 0 Å². The molecule has 0 aliphatic heterocycles. The molecule has 0 radical (unpaired) electrons. The first-order chi connectivity index (χ1) is 8.08. The van der Waals surface area contributed by atoms with Crippen LogP contribution in [0.1, 0.15) is 23.0 Å². The summed E-state index contributed by atoms with van der Waals surface area (Å²) in [6, 6.07) is 5.27. The predicted molar refractivity (Wildman–Crippen MR) is 58.5 cm³/mol. The van der Waals surface area contributed by atoms with Gasteiger partial charge in [-0.2, -0.15) is 0 Å². The molecule has 1 aromatic heterocycles. The normalized spacial score (nSPS) is 12.7. The van der Waals surface area contributed by atoms with E-state index in [4.69, 9.17) is 4.42 Å². The van der Waals surface area contributed by atoms with Crippen molar-refractivity contribution in [2.75, 3.05) is 0 Å². The molecule has 17 heavy (non-hydrogen) atoms. The Labute approximate surface area is 97.5 Å². The third-order valence-electron chi connectivity index (χ3n) is 2.67. The summed E-state index contributed by atoms with van der Waals surface area (Å²) in [5.41, 5.74) is 1.20. The van der Waals surface area contributed by atoms with Gasteiger partial charge in [-0.15, -0.1) is 0 Å². The number of aryl methyl sites for hydroxylation is 1. The highest BCUT2D eigenvalue weighted by Crippen LogP contribution is 2.23. The van der Waals surface area contributed by atoms with Gasteiger partial charge in [0, 0.05) is 12.0 Å². The molecule has 0 aliphatic rings. The number of benzene rings is 1. The van der Waals surface area contributed by atoms with Crippen molar-refractivity contribution in [2.24, 2.45) is 0 Å². The largest absolute Gasteiger partial charge is 0.469 e. The lowest BCUT2D eigenvalue weighted by Gasteiger charge is -2.09. The number of rotatable bonds is 3. The van der Waals surface area contributed by atoms with Gasteiger partial charge in [-0.1, -0.05) is 6.07 Å². The third kappa shape index (κ3) is 2.53. The Bertz CT molecular complexity index is 520. The summed E-state index contributed by atoms with van der Waals surface area (Å²) >= 11 is 0. The van der Waals surface area contributed by atoms with Crippen LogP contribution in [-0.4, -0.2) is 5.11 Å². The maximum absolute atomic E-state index is 13.0. The highest BCUT2D eigenvalue weighted by molar-refractivity contribution is 5.24. The standard InChI is InChI=1S/C13H12F2O2/c1-8-10(4-5-17-8)13(16)7-9-2-3-11(14)12(15)6-9/h2-6,13,16H,7H2,1H3. The summed E-state index contributed by atoms with van der Waals surface area (Å²) in [6.45, 7) is 1.74. The second-order valence-electron chi connectivity index (χ2n) is 3.90. The Morgan fingerprint density at radius 1 is 1.24 bits per heavy atom. The van der Waals surface area contributed by atoms with E-state index in [1.165, 1.54) is 12.3 Å². The molecule has 2 aromatic rings. The molecule has 0 fully saturated rings. The number of aliphatic hydroxyl groups excluding tert-OH is 1. The summed E-state index contributed by atoms with van der Waals surface area (Å²) in [5, 5.41) is 9.93. The fourth-order valence-electron chi connectivity index (χ4n) is 1.74. The van der Waals surface area contributed by atoms with E-state index >= 15 is 0 Å². The Morgan fingerprint density at radius 2 is 2.00 bits per heavy atom. The van der Waals surface area contributed by atoms with Crippen molar-refractivity contribution in [1.29, 1.82) is 0 Å². The minimum absolute atomic E-state index is 0.220. The summed E-state index contributed by atoms with van der Waals surface area (Å²) < 4.78 is 30.8. The van der Waals surface area contributed by atoms with Crippen LogP contribution in [0.4, 0.5) is 8.78 Å². The molecule has 1 N–H and O–H groups in total. The van der Waals surface area contributed by atoms with E-state index in [-0.39, 0.29) is 6.42 Å². The smallest absolute Gasteiger partial charge is 0.159 e. The fourth-order valence-corrected chi connectivity index (χ4v) is 1.74. The van der Waals surface area contributed by atoms with Crippen LogP contribution in [0.3, 0.4) is 0 Å². The first-order valence-electron chi connectivity index (χ1n) is 5.24. The Kier molecular flexibility index (Phi) is 3.24. The van der Waals surface area contributed by atoms with Gasteiger partial charge in [-0.25, -0.2) is 8.78 Å². The lowest BCUT2D eigenvalue weighted by Crippen LogP contribution is -2.02. The first-order valence-corrected chi connectivity index (χ1v) is 5.24.